The Morgan fingerprint density at radius 3 is 2.75 bits per heavy atom. The van der Waals surface area contributed by atoms with E-state index >= 15 is 0 Å². The topological polar surface area (TPSA) is 88.9 Å². The van der Waals surface area contributed by atoms with Crippen LogP contribution in [-0.4, -0.2) is 30.4 Å². The highest BCUT2D eigenvalue weighted by molar-refractivity contribution is 6.05. The molecule has 1 atom stereocenters. The lowest BCUT2D eigenvalue weighted by atomic mass is 10.1. The molecule has 1 aliphatic heterocycles. The van der Waals surface area contributed by atoms with Crippen molar-refractivity contribution < 1.29 is 23.5 Å². The Morgan fingerprint density at radius 2 is 1.93 bits per heavy atom. The van der Waals surface area contributed by atoms with Crippen molar-refractivity contribution in [1.29, 1.82) is 0 Å². The molecule has 1 aromatic heterocycles. The Labute approximate surface area is 160 Å². The molecule has 3 aromatic rings. The smallest absolute Gasteiger partial charge is 0.374 e. The van der Waals surface area contributed by atoms with Gasteiger partial charge in [0.15, 0.2) is 6.61 Å². The minimum atomic E-state index is -0.713. The number of carbonyl (C=O) groups excluding carboxylic acids is 3. The third-order valence-corrected chi connectivity index (χ3v) is 4.58. The monoisotopic (exact) mass is 378 g/mol. The molecule has 1 N–H and O–H groups in total. The summed E-state index contributed by atoms with van der Waals surface area (Å²) in [4.78, 5) is 38.6. The fourth-order valence-corrected chi connectivity index (χ4v) is 3.32. The zero-order valence-corrected chi connectivity index (χ0v) is 15.2. The number of fused-ring (bicyclic) bond motifs is 2. The van der Waals surface area contributed by atoms with Crippen LogP contribution in [0.15, 0.2) is 59.0 Å². The Bertz CT molecular complexity index is 1040. The number of furan rings is 1. The zero-order valence-electron chi connectivity index (χ0n) is 15.2. The van der Waals surface area contributed by atoms with Crippen LogP contribution in [-0.2, 0) is 14.3 Å². The van der Waals surface area contributed by atoms with E-state index in [1.807, 2.05) is 12.1 Å². The number of benzene rings is 2. The van der Waals surface area contributed by atoms with E-state index in [-0.39, 0.29) is 24.1 Å². The number of ether oxygens (including phenoxy) is 1. The number of rotatable bonds is 3. The van der Waals surface area contributed by atoms with Crippen LogP contribution in [0.4, 0.5) is 11.4 Å². The average molecular weight is 378 g/mol. The first-order valence-electron chi connectivity index (χ1n) is 8.89. The van der Waals surface area contributed by atoms with Crippen LogP contribution < -0.4 is 10.2 Å². The van der Waals surface area contributed by atoms with Gasteiger partial charge in [-0.05, 0) is 31.2 Å². The highest BCUT2D eigenvalue weighted by atomic mass is 16.5. The number of hydrogen-bond donors (Lipinski definition) is 1. The fourth-order valence-electron chi connectivity index (χ4n) is 3.32. The zero-order chi connectivity index (χ0) is 19.7. The van der Waals surface area contributed by atoms with E-state index in [0.717, 1.165) is 5.39 Å². The predicted molar refractivity (Wildman–Crippen MR) is 103 cm³/mol. The molecule has 7 heteroatoms. The summed E-state index contributed by atoms with van der Waals surface area (Å²) in [5.41, 5.74) is 1.69. The van der Waals surface area contributed by atoms with Crippen LogP contribution in [0.1, 0.15) is 23.9 Å². The summed E-state index contributed by atoms with van der Waals surface area (Å²) < 4.78 is 10.6. The number of anilines is 2. The van der Waals surface area contributed by atoms with E-state index in [9.17, 15) is 14.4 Å². The molecule has 0 aliphatic carbocycles. The van der Waals surface area contributed by atoms with Crippen molar-refractivity contribution >= 4 is 40.1 Å². The van der Waals surface area contributed by atoms with Crippen molar-refractivity contribution in [3.05, 3.63) is 60.4 Å². The molecule has 0 saturated carbocycles. The molecular formula is C21H18N2O5. The summed E-state index contributed by atoms with van der Waals surface area (Å²) in [5.74, 6) is -1.26. The Kier molecular flexibility index (Phi) is 4.57. The maximum Gasteiger partial charge on any atom is 0.374 e. The number of esters is 1. The van der Waals surface area contributed by atoms with Gasteiger partial charge < -0.3 is 19.4 Å². The third-order valence-electron chi connectivity index (χ3n) is 4.58. The summed E-state index contributed by atoms with van der Waals surface area (Å²) in [7, 11) is 0. The summed E-state index contributed by atoms with van der Waals surface area (Å²) in [6.45, 7) is 1.32. The molecule has 28 heavy (non-hydrogen) atoms. The lowest BCUT2D eigenvalue weighted by molar-refractivity contribution is -0.122. The molecule has 0 radical (unpaired) electrons. The molecule has 0 fully saturated rings. The maximum atomic E-state index is 12.8. The van der Waals surface area contributed by atoms with Crippen LogP contribution in [0.2, 0.25) is 0 Å². The Balaban J connectivity index is 1.51. The lowest BCUT2D eigenvalue weighted by Crippen LogP contribution is -2.41. The van der Waals surface area contributed by atoms with Crippen molar-refractivity contribution in [2.45, 2.75) is 19.4 Å². The first-order chi connectivity index (χ1) is 13.5. The van der Waals surface area contributed by atoms with E-state index in [1.165, 1.54) is 4.90 Å². The Hall–Kier alpha value is -3.61. The molecule has 4 rings (SSSR count). The van der Waals surface area contributed by atoms with E-state index in [4.69, 9.17) is 9.15 Å². The van der Waals surface area contributed by atoms with Crippen LogP contribution >= 0.6 is 0 Å². The van der Waals surface area contributed by atoms with Gasteiger partial charge in [0.2, 0.25) is 11.7 Å². The Morgan fingerprint density at radius 1 is 1.18 bits per heavy atom. The molecule has 7 nitrogen and oxygen atoms in total. The minimum Gasteiger partial charge on any atom is -0.450 e. The van der Waals surface area contributed by atoms with Gasteiger partial charge in [-0.1, -0.05) is 30.3 Å². The normalized spacial score (nSPS) is 16.2. The quantitative estimate of drug-likeness (QED) is 0.706. The van der Waals surface area contributed by atoms with Crippen molar-refractivity contribution in [3.63, 3.8) is 0 Å². The van der Waals surface area contributed by atoms with Gasteiger partial charge in [-0.2, -0.15) is 0 Å². The second kappa shape index (κ2) is 7.19. The van der Waals surface area contributed by atoms with Gasteiger partial charge in [-0.3, -0.25) is 9.59 Å². The van der Waals surface area contributed by atoms with E-state index in [2.05, 4.69) is 5.32 Å². The average Bonchev–Trinajstić information content (AvgIpc) is 3.06. The number of hydrogen-bond acceptors (Lipinski definition) is 5. The van der Waals surface area contributed by atoms with E-state index in [1.54, 1.807) is 49.4 Å². The standard InChI is InChI=1S/C21H18N2O5/c1-13-10-19(24)22-15-7-3-4-8-16(15)23(13)20(25)12-27-21(26)18-11-14-6-2-5-9-17(14)28-18/h2-9,11,13H,10,12H2,1H3,(H,22,24). The van der Waals surface area contributed by atoms with Gasteiger partial charge in [0.05, 0.1) is 11.4 Å². The van der Waals surface area contributed by atoms with Crippen molar-refractivity contribution in [2.75, 3.05) is 16.8 Å². The number of nitrogens with one attached hydrogen (secondary N) is 1. The number of para-hydroxylation sites is 3. The highest BCUT2D eigenvalue weighted by Crippen LogP contribution is 2.31. The molecular weight excluding hydrogens is 360 g/mol. The molecule has 0 spiro atoms. The van der Waals surface area contributed by atoms with Crippen LogP contribution in [0.25, 0.3) is 11.0 Å². The van der Waals surface area contributed by atoms with Crippen molar-refractivity contribution in [2.24, 2.45) is 0 Å². The van der Waals surface area contributed by atoms with E-state index < -0.39 is 18.5 Å². The van der Waals surface area contributed by atoms with Gasteiger partial charge >= 0.3 is 5.97 Å². The lowest BCUT2D eigenvalue weighted by Gasteiger charge is -2.27. The first kappa shape index (κ1) is 17.8. The molecule has 0 bridgehead atoms. The summed E-state index contributed by atoms with van der Waals surface area (Å²) in [5, 5.41) is 3.57. The maximum absolute atomic E-state index is 12.8. The van der Waals surface area contributed by atoms with Crippen molar-refractivity contribution in [1.82, 2.24) is 0 Å². The van der Waals surface area contributed by atoms with Crippen LogP contribution in [0.3, 0.4) is 0 Å². The number of carbonyl (C=O) groups is 3. The van der Waals surface area contributed by atoms with E-state index in [0.29, 0.717) is 17.0 Å². The number of nitrogens with zero attached hydrogens (tertiary/aromatic N) is 1. The molecule has 2 heterocycles. The van der Waals surface area contributed by atoms with Gasteiger partial charge in [0.25, 0.3) is 5.91 Å². The van der Waals surface area contributed by atoms with Crippen molar-refractivity contribution in [3.8, 4) is 0 Å². The molecule has 0 saturated heterocycles. The molecule has 1 aliphatic rings. The molecule has 142 valence electrons. The van der Waals surface area contributed by atoms with Crippen LogP contribution in [0.5, 0.6) is 0 Å². The highest BCUT2D eigenvalue weighted by Gasteiger charge is 2.30. The molecule has 2 aromatic carbocycles. The van der Waals surface area contributed by atoms with Gasteiger partial charge in [-0.15, -0.1) is 0 Å². The van der Waals surface area contributed by atoms with Gasteiger partial charge in [0, 0.05) is 17.8 Å². The fraction of sp³-hybridized carbons (Fsp3) is 0.190. The predicted octanol–water partition coefficient (Wildman–Crippen LogP) is 3.35. The number of amides is 2. The SMILES string of the molecule is CC1CC(=O)Nc2ccccc2N1C(=O)COC(=O)c1cc2ccccc2o1. The second-order valence-corrected chi connectivity index (χ2v) is 6.61. The second-order valence-electron chi connectivity index (χ2n) is 6.61. The first-order valence-corrected chi connectivity index (χ1v) is 8.89. The largest absolute Gasteiger partial charge is 0.450 e. The third kappa shape index (κ3) is 3.34. The summed E-state index contributed by atoms with van der Waals surface area (Å²) >= 11 is 0. The summed E-state index contributed by atoms with van der Waals surface area (Å²) in [6, 6.07) is 15.4. The van der Waals surface area contributed by atoms with Gasteiger partial charge in [0.1, 0.15) is 5.58 Å². The minimum absolute atomic E-state index is 0.0372. The molecule has 1 unspecified atom stereocenters. The van der Waals surface area contributed by atoms with Crippen LogP contribution in [0, 0.1) is 0 Å². The molecule has 2 amide bonds. The van der Waals surface area contributed by atoms with Gasteiger partial charge in [-0.25, -0.2) is 4.79 Å². The summed E-state index contributed by atoms with van der Waals surface area (Å²) in [6.07, 6.45) is 0.151.